The van der Waals surface area contributed by atoms with Crippen LogP contribution in [-0.2, 0) is 6.54 Å². The van der Waals surface area contributed by atoms with Crippen LogP contribution in [0.2, 0.25) is 6.32 Å². The van der Waals surface area contributed by atoms with Gasteiger partial charge in [0.05, 0.1) is 26.2 Å². The topological polar surface area (TPSA) is 41.6 Å². The lowest BCUT2D eigenvalue weighted by atomic mass is 9.88. The van der Waals surface area contributed by atoms with Crippen LogP contribution in [0.1, 0.15) is 36.8 Å². The van der Waals surface area contributed by atoms with Gasteiger partial charge in [0.1, 0.15) is 0 Å². The average molecular weight is 381 g/mol. The molecule has 3 nitrogen and oxygen atoms in total. The average Bonchev–Trinajstić information content (AvgIpc) is 3.28. The van der Waals surface area contributed by atoms with Crippen LogP contribution in [0, 0.1) is 17.2 Å². The van der Waals surface area contributed by atoms with Crippen molar-refractivity contribution in [1.82, 2.24) is 9.55 Å². The van der Waals surface area contributed by atoms with E-state index in [2.05, 4.69) is 83.9 Å². The van der Waals surface area contributed by atoms with E-state index in [4.69, 9.17) is 13.1 Å². The minimum atomic E-state index is 0.0641. The van der Waals surface area contributed by atoms with Crippen LogP contribution in [-0.4, -0.2) is 17.4 Å². The lowest BCUT2D eigenvalue weighted by Gasteiger charge is -2.16. The molecule has 1 heterocycles. The summed E-state index contributed by atoms with van der Waals surface area (Å²) in [4.78, 5) is 3.86. The van der Waals surface area contributed by atoms with Crippen molar-refractivity contribution >= 4 is 7.85 Å². The normalized spacial score (nSPS) is 11.6. The summed E-state index contributed by atoms with van der Waals surface area (Å²) in [5, 5.41) is 8.45. The maximum Gasteiger partial charge on any atom is 0.0946 e. The van der Waals surface area contributed by atoms with Crippen LogP contribution in [0.5, 0.6) is 0 Å². The Morgan fingerprint density at radius 3 is 2.14 bits per heavy atom. The summed E-state index contributed by atoms with van der Waals surface area (Å²) in [7, 11) is 5.52. The van der Waals surface area contributed by atoms with Gasteiger partial charge in [-0.05, 0) is 30.9 Å². The van der Waals surface area contributed by atoms with Crippen LogP contribution in [0.15, 0.2) is 91.5 Å². The van der Waals surface area contributed by atoms with Crippen molar-refractivity contribution in [2.24, 2.45) is 5.92 Å². The van der Waals surface area contributed by atoms with Crippen molar-refractivity contribution in [3.63, 3.8) is 0 Å². The van der Waals surface area contributed by atoms with Crippen LogP contribution in [0.25, 0.3) is 0 Å². The number of rotatable bonds is 8. The summed E-state index contributed by atoms with van der Waals surface area (Å²) in [5.41, 5.74) is 2.73. The molecule has 4 heteroatoms. The molecule has 0 saturated heterocycles. The van der Waals surface area contributed by atoms with E-state index < -0.39 is 0 Å². The fraction of sp³-hybridized carbons (Fsp3) is 0.280. The molecule has 0 saturated carbocycles. The first-order valence-corrected chi connectivity index (χ1v) is 10.0. The molecule has 29 heavy (non-hydrogen) atoms. The van der Waals surface area contributed by atoms with Gasteiger partial charge in [-0.25, -0.2) is 4.98 Å². The molecule has 0 aliphatic heterocycles. The summed E-state index contributed by atoms with van der Waals surface area (Å²) < 4.78 is 1.90. The Kier molecular flexibility index (Phi) is 10.1. The van der Waals surface area contributed by atoms with E-state index >= 15 is 0 Å². The van der Waals surface area contributed by atoms with Crippen LogP contribution >= 0.6 is 0 Å². The highest BCUT2D eigenvalue weighted by Gasteiger charge is 2.11. The minimum absolute atomic E-state index is 0.0641. The van der Waals surface area contributed by atoms with Gasteiger partial charge in [-0.1, -0.05) is 79.1 Å². The molecule has 2 radical (unpaired) electrons. The van der Waals surface area contributed by atoms with Crippen molar-refractivity contribution in [1.29, 1.82) is 5.26 Å². The zero-order valence-electron chi connectivity index (χ0n) is 17.1. The Morgan fingerprint density at radius 1 is 1.03 bits per heavy atom. The van der Waals surface area contributed by atoms with Crippen LogP contribution in [0.3, 0.4) is 0 Å². The molecular formula is C25H28BN3. The molecule has 3 rings (SSSR count). The van der Waals surface area contributed by atoms with Gasteiger partial charge in [-0.2, -0.15) is 5.26 Å². The Labute approximate surface area is 176 Å². The number of benzene rings is 2. The van der Waals surface area contributed by atoms with E-state index in [1.807, 2.05) is 17.7 Å². The van der Waals surface area contributed by atoms with E-state index in [1.165, 1.54) is 11.1 Å². The maximum atomic E-state index is 8.45. The lowest BCUT2D eigenvalue weighted by molar-refractivity contribution is 0.580. The molecule has 0 aliphatic carbocycles. The Morgan fingerprint density at radius 2 is 1.66 bits per heavy atom. The number of imidazole rings is 1. The molecule has 0 fully saturated rings. The molecule has 0 spiro atoms. The first-order chi connectivity index (χ1) is 14.2. The highest BCUT2D eigenvalue weighted by molar-refractivity contribution is 6.08. The van der Waals surface area contributed by atoms with Crippen LogP contribution < -0.4 is 0 Å². The molecule has 1 unspecified atom stereocenters. The zero-order valence-corrected chi connectivity index (χ0v) is 17.1. The highest BCUT2D eigenvalue weighted by atomic mass is 15.0. The molecule has 0 N–H and O–H groups in total. The quantitative estimate of drug-likeness (QED) is 0.366. The number of hydrogen-bond acceptors (Lipinski definition) is 2. The fourth-order valence-electron chi connectivity index (χ4n) is 3.03. The minimum Gasteiger partial charge on any atom is -0.336 e. The summed E-state index contributed by atoms with van der Waals surface area (Å²) in [6.45, 7) is 2.62. The molecule has 3 aromatic rings. The predicted octanol–water partition coefficient (Wildman–Crippen LogP) is 5.78. The summed E-state index contributed by atoms with van der Waals surface area (Å²) in [6.07, 6.45) is 12.4. The van der Waals surface area contributed by atoms with E-state index in [0.717, 1.165) is 25.7 Å². The first kappa shape index (κ1) is 22.2. The number of hydrogen-bond donors (Lipinski definition) is 0. The van der Waals surface area contributed by atoms with Gasteiger partial charge < -0.3 is 4.57 Å². The number of nitrogens with zero attached hydrogens (tertiary/aromatic N) is 3. The van der Waals surface area contributed by atoms with Gasteiger partial charge in [0, 0.05) is 24.9 Å². The van der Waals surface area contributed by atoms with Crippen molar-refractivity contribution in [2.45, 2.75) is 38.5 Å². The Balaban J connectivity index is 0.000000253. The van der Waals surface area contributed by atoms with Gasteiger partial charge in [0.15, 0.2) is 0 Å². The van der Waals surface area contributed by atoms with Crippen molar-refractivity contribution < 1.29 is 0 Å². The standard InChI is InChI=1S/C18H19B.C7H9N3/c19-15-9-3-8-14-18(16-10-4-1-5-11-16)17-12-6-2-7-13-17;1-7(4-8)5-10-3-2-9-6-10/h1-8,10-13,18H,9,14-15H2;2-3,6-7H,5H2,1H3. The van der Waals surface area contributed by atoms with Gasteiger partial charge in [0.25, 0.3) is 0 Å². The SMILES string of the molecule is CC(C#N)Cn1ccnc1.[B]CCC=CCC(c1ccccc1)c1ccccc1. The molecule has 2 aromatic carbocycles. The van der Waals surface area contributed by atoms with E-state index in [9.17, 15) is 0 Å². The molecule has 1 atom stereocenters. The smallest absolute Gasteiger partial charge is 0.0946 e. The van der Waals surface area contributed by atoms with Crippen molar-refractivity contribution in [3.8, 4) is 6.07 Å². The van der Waals surface area contributed by atoms with Gasteiger partial charge in [-0.15, -0.1) is 0 Å². The summed E-state index contributed by atoms with van der Waals surface area (Å²) in [5.74, 6) is 0.491. The van der Waals surface area contributed by atoms with E-state index in [-0.39, 0.29) is 5.92 Å². The Hall–Kier alpha value is -3.06. The monoisotopic (exact) mass is 381 g/mol. The number of nitriles is 1. The summed E-state index contributed by atoms with van der Waals surface area (Å²) >= 11 is 0. The maximum absolute atomic E-state index is 8.45. The van der Waals surface area contributed by atoms with Crippen molar-refractivity contribution in [2.75, 3.05) is 0 Å². The third-order valence-electron chi connectivity index (χ3n) is 4.54. The summed E-state index contributed by atoms with van der Waals surface area (Å²) in [6, 6.07) is 23.5. The number of aromatic nitrogens is 2. The second-order valence-corrected chi connectivity index (χ2v) is 6.95. The molecule has 0 bridgehead atoms. The zero-order chi connectivity index (χ0) is 20.7. The fourth-order valence-corrected chi connectivity index (χ4v) is 3.03. The first-order valence-electron chi connectivity index (χ1n) is 10.0. The van der Waals surface area contributed by atoms with Gasteiger partial charge in [-0.3, -0.25) is 0 Å². The van der Waals surface area contributed by atoms with Crippen molar-refractivity contribution in [3.05, 3.63) is 103 Å². The van der Waals surface area contributed by atoms with Crippen LogP contribution in [0.4, 0.5) is 0 Å². The Bertz CT molecular complexity index is 813. The third-order valence-corrected chi connectivity index (χ3v) is 4.54. The second-order valence-electron chi connectivity index (χ2n) is 6.95. The number of allylic oxidation sites excluding steroid dienone is 2. The molecular weight excluding hydrogens is 353 g/mol. The molecule has 1 aromatic heterocycles. The molecule has 0 amide bonds. The second kappa shape index (κ2) is 13.2. The van der Waals surface area contributed by atoms with Gasteiger partial charge in [0.2, 0.25) is 0 Å². The molecule has 0 aliphatic rings. The van der Waals surface area contributed by atoms with Gasteiger partial charge >= 0.3 is 0 Å². The van der Waals surface area contributed by atoms with E-state index in [1.54, 1.807) is 12.5 Å². The highest BCUT2D eigenvalue weighted by Crippen LogP contribution is 2.28. The molecule has 146 valence electrons. The largest absolute Gasteiger partial charge is 0.336 e. The van der Waals surface area contributed by atoms with E-state index in [0.29, 0.717) is 5.92 Å². The predicted molar refractivity (Wildman–Crippen MR) is 121 cm³/mol. The lowest BCUT2D eigenvalue weighted by Crippen LogP contribution is -2.02. The third kappa shape index (κ3) is 8.23.